The van der Waals surface area contributed by atoms with Gasteiger partial charge < -0.3 is 25.7 Å². The molecule has 7 rings (SSSR count). The van der Waals surface area contributed by atoms with E-state index in [1.165, 1.54) is 0 Å². The SMILES string of the molecule is CC(=O)c1c(C)nc2ccccc2c1NCc1ccc(C#CC2(O)CCC3(C)C(CC(O)C4C3CC(O)C3(C)C(C(C)CCC(=O)O)CCC43)C2)cc1Cl. The van der Waals surface area contributed by atoms with Crippen molar-refractivity contribution in [2.45, 2.75) is 117 Å². The molecule has 54 heavy (non-hydrogen) atoms. The van der Waals surface area contributed by atoms with Crippen LogP contribution >= 0.6 is 11.6 Å². The zero-order chi connectivity index (χ0) is 38.7. The Morgan fingerprint density at radius 3 is 2.56 bits per heavy atom. The third-order valence-electron chi connectivity index (χ3n) is 14.8. The lowest BCUT2D eigenvalue weighted by Gasteiger charge is -2.64. The van der Waals surface area contributed by atoms with Crippen molar-refractivity contribution in [3.05, 3.63) is 69.9 Å². The minimum Gasteiger partial charge on any atom is -0.481 e. The summed E-state index contributed by atoms with van der Waals surface area (Å²) in [4.78, 5) is 28.6. The molecule has 0 saturated heterocycles. The Labute approximate surface area is 324 Å². The van der Waals surface area contributed by atoms with Crippen LogP contribution in [0, 0.1) is 65.1 Å². The van der Waals surface area contributed by atoms with Gasteiger partial charge in [0.05, 0.1) is 34.7 Å². The normalized spacial score (nSPS) is 34.9. The average molecular weight is 755 g/mol. The number of carboxylic acids is 1. The standard InChI is InChI=1S/C45H55ClN2O6/c1-25(10-15-39(52)53)32-13-14-33-41-34(22-38(51)44(32,33)5)43(4)18-19-45(54,23-30(43)21-37(41)50)17-16-28-11-12-29(35(46)20-28)24-47-42-31-8-6-7-9-36(31)48-26(2)40(42)27(3)49/h6-9,11-12,20,25,30,32-34,37-38,41,50-51,54H,10,13-15,18-19,21-24H2,1-5H3,(H,47,48)(H,52,53). The molecule has 5 N–H and O–H groups in total. The molecule has 4 aliphatic rings. The molecule has 4 fully saturated rings. The second-order valence-electron chi connectivity index (χ2n) is 17.7. The van der Waals surface area contributed by atoms with Crippen molar-refractivity contribution < 1.29 is 30.0 Å². The number of fused-ring (bicyclic) bond motifs is 6. The Kier molecular flexibility index (Phi) is 10.4. The van der Waals surface area contributed by atoms with Crippen molar-refractivity contribution in [1.82, 2.24) is 4.98 Å². The highest BCUT2D eigenvalue weighted by Gasteiger charge is 2.66. The highest BCUT2D eigenvalue weighted by atomic mass is 35.5. The van der Waals surface area contributed by atoms with E-state index in [0.717, 1.165) is 41.4 Å². The van der Waals surface area contributed by atoms with Crippen molar-refractivity contribution in [2.75, 3.05) is 5.32 Å². The van der Waals surface area contributed by atoms with Gasteiger partial charge >= 0.3 is 5.97 Å². The largest absolute Gasteiger partial charge is 0.481 e. The van der Waals surface area contributed by atoms with Gasteiger partial charge in [-0.1, -0.05) is 68.5 Å². The number of halogens is 1. The number of benzene rings is 2. The molecule has 9 heteroatoms. The summed E-state index contributed by atoms with van der Waals surface area (Å²) in [5, 5.41) is 49.8. The monoisotopic (exact) mass is 754 g/mol. The molecule has 0 bridgehead atoms. The van der Waals surface area contributed by atoms with Crippen LogP contribution in [-0.2, 0) is 11.3 Å². The average Bonchev–Trinajstić information content (AvgIpc) is 3.48. The van der Waals surface area contributed by atoms with Crippen molar-refractivity contribution in [1.29, 1.82) is 0 Å². The first-order chi connectivity index (χ1) is 25.6. The maximum atomic E-state index is 12.6. The molecule has 4 aliphatic carbocycles. The molecule has 0 amide bonds. The minimum absolute atomic E-state index is 0.0591. The number of pyridine rings is 1. The Hall–Kier alpha value is -3.48. The van der Waals surface area contributed by atoms with E-state index in [1.54, 1.807) is 6.92 Å². The first kappa shape index (κ1) is 38.8. The molecule has 0 aliphatic heterocycles. The van der Waals surface area contributed by atoms with E-state index in [-0.39, 0.29) is 58.5 Å². The van der Waals surface area contributed by atoms with Gasteiger partial charge in [-0.05, 0) is 135 Å². The van der Waals surface area contributed by atoms with Crippen LogP contribution in [0.4, 0.5) is 5.69 Å². The molecule has 8 nitrogen and oxygen atoms in total. The molecule has 288 valence electrons. The number of aromatic nitrogens is 1. The molecule has 1 heterocycles. The van der Waals surface area contributed by atoms with E-state index in [1.807, 2.05) is 49.4 Å². The number of anilines is 1. The number of carbonyl (C=O) groups is 2. The number of aliphatic hydroxyl groups is 3. The number of aliphatic carboxylic acids is 1. The number of nitrogens with zero attached hydrogens (tertiary/aromatic N) is 1. The predicted octanol–water partition coefficient (Wildman–Crippen LogP) is 8.20. The molecule has 1 aromatic heterocycles. The summed E-state index contributed by atoms with van der Waals surface area (Å²) < 4.78 is 0. The van der Waals surface area contributed by atoms with Gasteiger partial charge in [0.25, 0.3) is 0 Å². The van der Waals surface area contributed by atoms with Crippen LogP contribution in [-0.4, -0.2) is 55.0 Å². The number of ketones is 1. The molecule has 11 unspecified atom stereocenters. The summed E-state index contributed by atoms with van der Waals surface area (Å²) in [6, 6.07) is 13.4. The van der Waals surface area contributed by atoms with E-state index < -0.39 is 23.8 Å². The zero-order valence-electron chi connectivity index (χ0n) is 32.2. The smallest absolute Gasteiger partial charge is 0.303 e. The Bertz CT molecular complexity index is 2020. The Morgan fingerprint density at radius 2 is 1.83 bits per heavy atom. The van der Waals surface area contributed by atoms with Crippen LogP contribution in [0.2, 0.25) is 5.02 Å². The van der Waals surface area contributed by atoms with Gasteiger partial charge in [0, 0.05) is 28.9 Å². The number of hydrogen-bond donors (Lipinski definition) is 5. The topological polar surface area (TPSA) is 140 Å². The van der Waals surface area contributed by atoms with Crippen molar-refractivity contribution in [3.8, 4) is 11.8 Å². The van der Waals surface area contributed by atoms with E-state index in [4.69, 9.17) is 11.6 Å². The summed E-state index contributed by atoms with van der Waals surface area (Å²) in [6.07, 6.45) is 4.59. The number of para-hydroxylation sites is 1. The fraction of sp³-hybridized carbons (Fsp3) is 0.578. The van der Waals surface area contributed by atoms with E-state index in [0.29, 0.717) is 60.5 Å². The lowest BCUT2D eigenvalue weighted by Crippen LogP contribution is -2.63. The molecule has 0 spiro atoms. The molecule has 3 aromatic rings. The van der Waals surface area contributed by atoms with Crippen molar-refractivity contribution in [2.24, 2.45) is 46.3 Å². The fourth-order valence-electron chi connectivity index (χ4n) is 11.9. The number of carbonyl (C=O) groups excluding carboxylic acids is 1. The van der Waals surface area contributed by atoms with Crippen molar-refractivity contribution >= 4 is 39.9 Å². The van der Waals surface area contributed by atoms with Gasteiger partial charge in [0.1, 0.15) is 5.60 Å². The lowest BCUT2D eigenvalue weighted by molar-refractivity contribution is -0.211. The molecule has 0 radical (unpaired) electrons. The van der Waals surface area contributed by atoms with Gasteiger partial charge in [-0.3, -0.25) is 14.6 Å². The first-order valence-electron chi connectivity index (χ1n) is 19.8. The van der Waals surface area contributed by atoms with E-state index in [2.05, 4.69) is 42.9 Å². The molecular formula is C45H55ClN2O6. The number of Topliss-reactive ketones (excluding diaryl/α,β-unsaturated/α-hetero) is 1. The number of aliphatic hydroxyl groups excluding tert-OH is 2. The maximum Gasteiger partial charge on any atom is 0.303 e. The Morgan fingerprint density at radius 1 is 1.07 bits per heavy atom. The zero-order valence-corrected chi connectivity index (χ0v) is 32.9. The number of aryl methyl sites for hydroxylation is 1. The third-order valence-corrected chi connectivity index (χ3v) is 15.1. The van der Waals surface area contributed by atoms with Crippen molar-refractivity contribution in [3.63, 3.8) is 0 Å². The highest BCUT2D eigenvalue weighted by Crippen LogP contribution is 2.69. The van der Waals surface area contributed by atoms with Gasteiger partial charge in [-0.2, -0.15) is 0 Å². The quantitative estimate of drug-likeness (QED) is 0.115. The maximum absolute atomic E-state index is 12.6. The van der Waals surface area contributed by atoms with Crippen LogP contribution in [0.25, 0.3) is 10.9 Å². The summed E-state index contributed by atoms with van der Waals surface area (Å²) in [7, 11) is 0. The molecule has 11 atom stereocenters. The summed E-state index contributed by atoms with van der Waals surface area (Å²) >= 11 is 6.79. The van der Waals surface area contributed by atoms with Gasteiger partial charge in [-0.25, -0.2) is 0 Å². The van der Waals surface area contributed by atoms with Gasteiger partial charge in [-0.15, -0.1) is 0 Å². The van der Waals surface area contributed by atoms with Gasteiger partial charge in [0.2, 0.25) is 0 Å². The number of carboxylic acid groups (broad SMARTS) is 1. The summed E-state index contributed by atoms with van der Waals surface area (Å²) in [6.45, 7) is 10.4. The summed E-state index contributed by atoms with van der Waals surface area (Å²) in [5.74, 6) is 6.47. The van der Waals surface area contributed by atoms with Crippen LogP contribution in [0.3, 0.4) is 0 Å². The van der Waals surface area contributed by atoms with E-state index >= 15 is 0 Å². The molecular weight excluding hydrogens is 700 g/mol. The molecule has 2 aromatic carbocycles. The predicted molar refractivity (Wildman–Crippen MR) is 211 cm³/mol. The van der Waals surface area contributed by atoms with E-state index in [9.17, 15) is 30.0 Å². The number of nitrogens with one attached hydrogen (secondary N) is 1. The fourth-order valence-corrected chi connectivity index (χ4v) is 12.1. The lowest BCUT2D eigenvalue weighted by atomic mass is 9.42. The second kappa shape index (κ2) is 14.5. The van der Waals surface area contributed by atoms with Crippen LogP contribution in [0.1, 0.15) is 113 Å². The van der Waals surface area contributed by atoms with Crippen LogP contribution in [0.15, 0.2) is 42.5 Å². The Balaban J connectivity index is 1.05. The number of rotatable bonds is 8. The third kappa shape index (κ3) is 6.74. The number of hydrogen-bond acceptors (Lipinski definition) is 7. The first-order valence-corrected chi connectivity index (χ1v) is 20.2. The van der Waals surface area contributed by atoms with Crippen LogP contribution < -0.4 is 5.32 Å². The molecule has 4 saturated carbocycles. The minimum atomic E-state index is -1.20. The van der Waals surface area contributed by atoms with Gasteiger partial charge in [0.15, 0.2) is 5.78 Å². The van der Waals surface area contributed by atoms with Crippen LogP contribution in [0.5, 0.6) is 0 Å². The second-order valence-corrected chi connectivity index (χ2v) is 18.1. The highest BCUT2D eigenvalue weighted by molar-refractivity contribution is 6.31. The summed E-state index contributed by atoms with van der Waals surface area (Å²) in [5.41, 5.74) is 2.66.